The predicted octanol–water partition coefficient (Wildman–Crippen LogP) is 0.197. The number of nitrogen functional groups attached to an aromatic ring is 1. The highest BCUT2D eigenvalue weighted by atomic mass is 19.1. The van der Waals surface area contributed by atoms with Crippen molar-refractivity contribution < 1.29 is 13.8 Å². The van der Waals surface area contributed by atoms with Crippen molar-refractivity contribution in [3.63, 3.8) is 0 Å². The third-order valence-corrected chi connectivity index (χ3v) is 3.39. The van der Waals surface area contributed by atoms with E-state index in [1.807, 2.05) is 19.0 Å². The maximum absolute atomic E-state index is 12.9. The van der Waals surface area contributed by atoms with Crippen molar-refractivity contribution in [2.45, 2.75) is 6.54 Å². The van der Waals surface area contributed by atoms with E-state index in [0.717, 1.165) is 0 Å². The fourth-order valence-electron chi connectivity index (χ4n) is 2.19. The van der Waals surface area contributed by atoms with Crippen LogP contribution in [0.4, 0.5) is 10.2 Å². The van der Waals surface area contributed by atoms with E-state index in [0.29, 0.717) is 17.8 Å². The molecule has 0 spiro atoms. The summed E-state index contributed by atoms with van der Waals surface area (Å²) < 4.78 is 18.7. The lowest BCUT2D eigenvalue weighted by atomic mass is 10.2. The van der Waals surface area contributed by atoms with Crippen LogP contribution in [0.5, 0.6) is 0 Å². The molecule has 3 rings (SSSR count). The Kier molecular flexibility index (Phi) is 5.17. The summed E-state index contributed by atoms with van der Waals surface area (Å²) in [4.78, 5) is 14.3. The molecule has 3 N–H and O–H groups in total. The number of nitrogens with one attached hydrogen (secondary N) is 1. The van der Waals surface area contributed by atoms with E-state index in [1.54, 1.807) is 0 Å². The number of hydrogen-bond donors (Lipinski definition) is 2. The van der Waals surface area contributed by atoms with Crippen molar-refractivity contribution in [2.24, 2.45) is 5.10 Å². The number of carbonyl (C=O) groups excluding carboxylic acids is 1. The summed E-state index contributed by atoms with van der Waals surface area (Å²) in [5.41, 5.74) is 9.15. The van der Waals surface area contributed by atoms with E-state index >= 15 is 0 Å². The van der Waals surface area contributed by atoms with E-state index in [-0.39, 0.29) is 23.1 Å². The van der Waals surface area contributed by atoms with Gasteiger partial charge in [0, 0.05) is 6.54 Å². The number of anilines is 1. The zero-order chi connectivity index (χ0) is 19.4. The highest BCUT2D eigenvalue weighted by Crippen LogP contribution is 2.16. The zero-order valence-electron chi connectivity index (χ0n) is 14.5. The van der Waals surface area contributed by atoms with Gasteiger partial charge in [-0.05, 0) is 42.1 Å². The van der Waals surface area contributed by atoms with Crippen molar-refractivity contribution in [1.82, 2.24) is 35.6 Å². The third kappa shape index (κ3) is 4.12. The van der Waals surface area contributed by atoms with Crippen molar-refractivity contribution in [1.29, 1.82) is 0 Å². The van der Waals surface area contributed by atoms with Crippen LogP contribution in [0.1, 0.15) is 21.7 Å². The molecule has 0 saturated heterocycles. The highest BCUT2D eigenvalue weighted by Gasteiger charge is 2.24. The van der Waals surface area contributed by atoms with Gasteiger partial charge in [0.1, 0.15) is 5.82 Å². The summed E-state index contributed by atoms with van der Waals surface area (Å²) in [7, 11) is 3.63. The second kappa shape index (κ2) is 7.70. The van der Waals surface area contributed by atoms with Crippen LogP contribution in [-0.2, 0) is 6.54 Å². The molecule has 140 valence electrons. The van der Waals surface area contributed by atoms with Crippen molar-refractivity contribution in [3.05, 3.63) is 47.0 Å². The number of nitrogens with zero attached hydrogens (tertiary/aromatic N) is 7. The number of nitrogens with two attached hydrogens (primary N) is 1. The first kappa shape index (κ1) is 18.1. The normalized spacial score (nSPS) is 11.4. The number of amides is 1. The molecule has 3 aromatic rings. The Morgan fingerprint density at radius 1 is 1.37 bits per heavy atom. The minimum atomic E-state index is -0.577. The van der Waals surface area contributed by atoms with Gasteiger partial charge in [0.15, 0.2) is 5.69 Å². The first-order valence-corrected chi connectivity index (χ1v) is 7.72. The van der Waals surface area contributed by atoms with Crippen molar-refractivity contribution in [3.8, 4) is 5.82 Å². The molecule has 0 aliphatic carbocycles. The smallest absolute Gasteiger partial charge is 0.293 e. The summed E-state index contributed by atoms with van der Waals surface area (Å²) in [6.45, 7) is 0.323. The second-order valence-electron chi connectivity index (χ2n) is 5.76. The molecule has 0 unspecified atom stereocenters. The highest BCUT2D eigenvalue weighted by molar-refractivity contribution is 5.94. The molecule has 12 heteroatoms. The Labute approximate surface area is 152 Å². The van der Waals surface area contributed by atoms with Gasteiger partial charge >= 0.3 is 0 Å². The largest absolute Gasteiger partial charge is 0.378 e. The fourth-order valence-corrected chi connectivity index (χ4v) is 2.19. The second-order valence-corrected chi connectivity index (χ2v) is 5.76. The van der Waals surface area contributed by atoms with Gasteiger partial charge in [-0.1, -0.05) is 17.3 Å². The molecule has 0 radical (unpaired) electrons. The average molecular weight is 373 g/mol. The van der Waals surface area contributed by atoms with Crippen LogP contribution in [0.2, 0.25) is 0 Å². The topological polar surface area (TPSA) is 140 Å². The molecule has 0 aliphatic heterocycles. The van der Waals surface area contributed by atoms with Gasteiger partial charge in [-0.25, -0.2) is 14.4 Å². The number of hydrogen-bond acceptors (Lipinski definition) is 9. The van der Waals surface area contributed by atoms with E-state index in [9.17, 15) is 9.18 Å². The van der Waals surface area contributed by atoms with Crippen LogP contribution in [0.15, 0.2) is 34.0 Å². The fraction of sp³-hybridized carbons (Fsp3) is 0.200. The lowest BCUT2D eigenvalue weighted by molar-refractivity contribution is 0.0948. The Bertz CT molecular complexity index is 962. The summed E-state index contributed by atoms with van der Waals surface area (Å²) in [5.74, 6) is -0.788. The number of benzene rings is 1. The molecule has 11 nitrogen and oxygen atoms in total. The molecule has 0 fully saturated rings. The van der Waals surface area contributed by atoms with Gasteiger partial charge in [-0.15, -0.1) is 5.10 Å². The minimum absolute atomic E-state index is 0.0150. The number of hydrazone groups is 1. The molecule has 1 amide bonds. The Hall–Kier alpha value is -3.67. The van der Waals surface area contributed by atoms with Gasteiger partial charge in [0.05, 0.1) is 11.9 Å². The maximum Gasteiger partial charge on any atom is 0.293 e. The lowest BCUT2D eigenvalue weighted by Crippen LogP contribution is -2.23. The van der Waals surface area contributed by atoms with Crippen LogP contribution >= 0.6 is 0 Å². The first-order valence-electron chi connectivity index (χ1n) is 7.72. The monoisotopic (exact) mass is 373 g/mol. The Morgan fingerprint density at radius 2 is 2.11 bits per heavy atom. The third-order valence-electron chi connectivity index (χ3n) is 3.39. The Balaban J connectivity index is 1.82. The molecule has 0 atom stereocenters. The summed E-state index contributed by atoms with van der Waals surface area (Å²) >= 11 is 0. The first-order chi connectivity index (χ1) is 13.0. The molecule has 0 bridgehead atoms. The van der Waals surface area contributed by atoms with Crippen LogP contribution < -0.4 is 11.2 Å². The van der Waals surface area contributed by atoms with Crippen LogP contribution in [0.3, 0.4) is 0 Å². The molecular formula is C15H16FN9O2. The lowest BCUT2D eigenvalue weighted by Gasteiger charge is -2.11. The van der Waals surface area contributed by atoms with E-state index in [1.165, 1.54) is 35.2 Å². The van der Waals surface area contributed by atoms with Gasteiger partial charge in [-0.2, -0.15) is 9.78 Å². The molecule has 1 aromatic carbocycles. The summed E-state index contributed by atoms with van der Waals surface area (Å²) in [6.07, 6.45) is 1.38. The average Bonchev–Trinajstić information content (AvgIpc) is 3.22. The number of rotatable bonds is 6. The van der Waals surface area contributed by atoms with Crippen LogP contribution in [0, 0.1) is 5.82 Å². The summed E-state index contributed by atoms with van der Waals surface area (Å²) in [5, 5.41) is 18.8. The number of aromatic nitrogens is 5. The molecule has 27 heavy (non-hydrogen) atoms. The molecule has 2 aromatic heterocycles. The van der Waals surface area contributed by atoms with E-state index in [2.05, 4.69) is 35.8 Å². The minimum Gasteiger partial charge on any atom is -0.378 e. The molecule has 2 heterocycles. The summed E-state index contributed by atoms with van der Waals surface area (Å²) in [6, 6.07) is 5.64. The quantitative estimate of drug-likeness (QED) is 0.461. The number of halogens is 1. The van der Waals surface area contributed by atoms with Crippen molar-refractivity contribution >= 4 is 17.9 Å². The predicted molar refractivity (Wildman–Crippen MR) is 92.5 cm³/mol. The molecule has 0 saturated carbocycles. The van der Waals surface area contributed by atoms with Crippen molar-refractivity contribution in [2.75, 3.05) is 19.8 Å². The van der Waals surface area contributed by atoms with Crippen LogP contribution in [0.25, 0.3) is 5.82 Å². The maximum atomic E-state index is 12.9. The zero-order valence-corrected chi connectivity index (χ0v) is 14.5. The van der Waals surface area contributed by atoms with E-state index in [4.69, 9.17) is 5.73 Å². The standard InChI is InChI=1S/C15H16FN9O2/c1-24(2)8-11-12(19-23-25(11)14-13(17)21-27-22-14)15(26)20-18-7-9-3-5-10(16)6-4-9/h3-7H,8H2,1-2H3,(H2,17,21)(H,20,26)/b18-7-. The van der Waals surface area contributed by atoms with Gasteiger partial charge in [0.2, 0.25) is 11.6 Å². The van der Waals surface area contributed by atoms with Crippen LogP contribution in [-0.4, -0.2) is 56.4 Å². The SMILES string of the molecule is CN(C)Cc1c(C(=O)N/N=C\c2ccc(F)cc2)nnn1-c1nonc1N. The number of carbonyl (C=O) groups is 1. The Morgan fingerprint density at radius 3 is 2.74 bits per heavy atom. The van der Waals surface area contributed by atoms with E-state index < -0.39 is 5.91 Å². The van der Waals surface area contributed by atoms with Gasteiger partial charge in [0.25, 0.3) is 5.91 Å². The van der Waals surface area contributed by atoms with Gasteiger partial charge < -0.3 is 10.6 Å². The molecular weight excluding hydrogens is 357 g/mol. The molecule has 0 aliphatic rings. The van der Waals surface area contributed by atoms with Gasteiger partial charge in [-0.3, -0.25) is 4.79 Å².